The Kier molecular flexibility index (Phi) is 7.26. The SMILES string of the molecule is O=C(NC(c1ccccc1Cl)C(F)(F)F)c1cn(-c2ccc(F)cc2F)c2nc(N3C[C@@H](O)CC3=O)ccc2c1=O. The maximum atomic E-state index is 14.9. The number of fused-ring (bicyclic) bond motifs is 1. The Bertz CT molecular complexity index is 1760. The maximum absolute atomic E-state index is 14.9. The highest BCUT2D eigenvalue weighted by Gasteiger charge is 2.43. The van der Waals surface area contributed by atoms with E-state index in [-0.39, 0.29) is 40.5 Å². The monoisotopic (exact) mass is 592 g/mol. The number of alkyl halides is 3. The molecule has 212 valence electrons. The molecule has 1 unspecified atom stereocenters. The predicted molar refractivity (Wildman–Crippen MR) is 138 cm³/mol. The standard InChI is InChI=1S/C27H18ClF5N4O4/c28-18-4-2-1-3-15(18)24(27(31,32)33)35-26(41)17-12-36(20-7-5-13(29)9-19(20)30)25-16(23(17)40)6-8-21(34-25)37-11-14(38)10-22(37)39/h1-9,12,14,24,38H,10-11H2,(H,35,41)/t14-,24?/m0/s1. The van der Waals surface area contributed by atoms with E-state index in [0.29, 0.717) is 6.07 Å². The zero-order valence-corrected chi connectivity index (χ0v) is 21.4. The topological polar surface area (TPSA) is 105 Å². The molecule has 0 bridgehead atoms. The number of hydrogen-bond donors (Lipinski definition) is 2. The molecule has 1 aliphatic heterocycles. The molecule has 41 heavy (non-hydrogen) atoms. The van der Waals surface area contributed by atoms with Crippen LogP contribution in [-0.2, 0) is 4.79 Å². The lowest BCUT2D eigenvalue weighted by Crippen LogP contribution is -2.40. The molecule has 1 aliphatic rings. The van der Waals surface area contributed by atoms with Gasteiger partial charge in [0.25, 0.3) is 5.91 Å². The smallest absolute Gasteiger partial charge is 0.391 e. The van der Waals surface area contributed by atoms with Gasteiger partial charge in [0.15, 0.2) is 11.7 Å². The van der Waals surface area contributed by atoms with Gasteiger partial charge < -0.3 is 10.4 Å². The number of carbonyl (C=O) groups is 2. The second-order valence-corrected chi connectivity index (χ2v) is 9.62. The van der Waals surface area contributed by atoms with Crippen molar-refractivity contribution < 1.29 is 36.6 Å². The van der Waals surface area contributed by atoms with Crippen molar-refractivity contribution in [2.24, 2.45) is 0 Å². The highest BCUT2D eigenvalue weighted by atomic mass is 35.5. The fraction of sp³-hybridized carbons (Fsp3) is 0.185. The molecule has 4 aromatic rings. The third-order valence-corrected chi connectivity index (χ3v) is 6.79. The Morgan fingerprint density at radius 1 is 1.10 bits per heavy atom. The van der Waals surface area contributed by atoms with Crippen molar-refractivity contribution >= 4 is 40.3 Å². The van der Waals surface area contributed by atoms with Gasteiger partial charge in [-0.25, -0.2) is 13.8 Å². The Labute approximate surface area is 232 Å². The third-order valence-electron chi connectivity index (χ3n) is 6.45. The molecule has 2 N–H and O–H groups in total. The van der Waals surface area contributed by atoms with E-state index >= 15 is 0 Å². The number of pyridine rings is 2. The summed E-state index contributed by atoms with van der Waals surface area (Å²) < 4.78 is 71.5. The van der Waals surface area contributed by atoms with Crippen LogP contribution in [0.25, 0.3) is 16.7 Å². The first-order valence-corrected chi connectivity index (χ1v) is 12.3. The van der Waals surface area contributed by atoms with Crippen molar-refractivity contribution in [2.75, 3.05) is 11.4 Å². The van der Waals surface area contributed by atoms with Crippen LogP contribution in [-0.4, -0.2) is 45.3 Å². The molecule has 2 amide bonds. The fourth-order valence-corrected chi connectivity index (χ4v) is 4.77. The van der Waals surface area contributed by atoms with Crippen molar-refractivity contribution in [1.29, 1.82) is 0 Å². The molecule has 2 aromatic heterocycles. The highest BCUT2D eigenvalue weighted by Crippen LogP contribution is 2.36. The lowest BCUT2D eigenvalue weighted by atomic mass is 10.1. The maximum Gasteiger partial charge on any atom is 0.412 e. The molecule has 14 heteroatoms. The van der Waals surface area contributed by atoms with Gasteiger partial charge in [-0.1, -0.05) is 29.8 Å². The van der Waals surface area contributed by atoms with Crippen LogP contribution in [0.15, 0.2) is 65.6 Å². The third kappa shape index (κ3) is 5.37. The minimum Gasteiger partial charge on any atom is -0.391 e. The van der Waals surface area contributed by atoms with Crippen molar-refractivity contribution in [3.63, 3.8) is 0 Å². The van der Waals surface area contributed by atoms with E-state index in [0.717, 1.165) is 33.9 Å². The second kappa shape index (κ2) is 10.6. The number of nitrogens with one attached hydrogen (secondary N) is 1. The van der Waals surface area contributed by atoms with Crippen molar-refractivity contribution in [1.82, 2.24) is 14.9 Å². The van der Waals surface area contributed by atoms with Crippen LogP contribution >= 0.6 is 11.6 Å². The predicted octanol–water partition coefficient (Wildman–Crippen LogP) is 4.45. The highest BCUT2D eigenvalue weighted by molar-refractivity contribution is 6.31. The van der Waals surface area contributed by atoms with Gasteiger partial charge in [-0.05, 0) is 30.3 Å². The number of β-amino-alcohol motifs (C(OH)–C–C–N with tert-alkyl or cyclic N) is 1. The molecule has 1 fully saturated rings. The van der Waals surface area contributed by atoms with Gasteiger partial charge in [-0.15, -0.1) is 0 Å². The van der Waals surface area contributed by atoms with E-state index in [4.69, 9.17) is 11.6 Å². The van der Waals surface area contributed by atoms with Gasteiger partial charge in [-0.3, -0.25) is 23.9 Å². The molecular formula is C27H18ClF5N4O4. The average Bonchev–Trinajstić information content (AvgIpc) is 3.25. The Balaban J connectivity index is 1.68. The van der Waals surface area contributed by atoms with Gasteiger partial charge in [0, 0.05) is 22.8 Å². The van der Waals surface area contributed by atoms with Gasteiger partial charge in [0.2, 0.25) is 11.3 Å². The van der Waals surface area contributed by atoms with E-state index in [2.05, 4.69) is 4.98 Å². The molecule has 2 aromatic carbocycles. The number of nitrogens with zero attached hydrogens (tertiary/aromatic N) is 3. The lowest BCUT2D eigenvalue weighted by Gasteiger charge is -2.23. The summed E-state index contributed by atoms with van der Waals surface area (Å²) in [5.41, 5.74) is -2.97. The second-order valence-electron chi connectivity index (χ2n) is 9.21. The lowest BCUT2D eigenvalue weighted by molar-refractivity contribution is -0.155. The molecule has 8 nitrogen and oxygen atoms in total. The number of hydrogen-bond acceptors (Lipinski definition) is 5. The van der Waals surface area contributed by atoms with Gasteiger partial charge in [0.05, 0.1) is 30.1 Å². The molecule has 2 atom stereocenters. The van der Waals surface area contributed by atoms with Crippen molar-refractivity contribution in [2.45, 2.75) is 24.7 Å². The number of aliphatic hydroxyl groups is 1. The first-order chi connectivity index (χ1) is 19.3. The summed E-state index contributed by atoms with van der Waals surface area (Å²) >= 11 is 5.95. The van der Waals surface area contributed by atoms with Crippen LogP contribution in [0.1, 0.15) is 28.4 Å². The minimum absolute atomic E-state index is 0.0113. The van der Waals surface area contributed by atoms with E-state index in [1.165, 1.54) is 30.3 Å². The molecule has 0 radical (unpaired) electrons. The van der Waals surface area contributed by atoms with E-state index in [1.807, 2.05) is 0 Å². The summed E-state index contributed by atoms with van der Waals surface area (Å²) in [6.45, 7) is -0.103. The normalized spacial score (nSPS) is 16.3. The number of halogens is 6. The number of amides is 2. The summed E-state index contributed by atoms with van der Waals surface area (Å²) in [5, 5.41) is 11.0. The molecule has 0 aliphatic carbocycles. The average molecular weight is 593 g/mol. The molecule has 5 rings (SSSR count). The number of carbonyl (C=O) groups excluding carboxylic acids is 2. The molecule has 0 spiro atoms. The molecule has 1 saturated heterocycles. The Hall–Kier alpha value is -4.36. The summed E-state index contributed by atoms with van der Waals surface area (Å²) in [6, 6.07) is 7.18. The summed E-state index contributed by atoms with van der Waals surface area (Å²) in [7, 11) is 0. The molecule has 0 saturated carbocycles. The number of benzene rings is 2. The van der Waals surface area contributed by atoms with Crippen molar-refractivity contribution in [3.8, 4) is 5.69 Å². The number of aromatic nitrogens is 2. The van der Waals surface area contributed by atoms with E-state index in [9.17, 15) is 41.4 Å². The Morgan fingerprint density at radius 2 is 1.83 bits per heavy atom. The van der Waals surface area contributed by atoms with Gasteiger partial charge >= 0.3 is 6.18 Å². The first kappa shape index (κ1) is 28.2. The zero-order chi connectivity index (χ0) is 29.6. The molecular weight excluding hydrogens is 575 g/mol. The number of anilines is 1. The van der Waals surface area contributed by atoms with Crippen LogP contribution in [0, 0.1) is 11.6 Å². The molecule has 3 heterocycles. The van der Waals surface area contributed by atoms with Crippen LogP contribution in [0.5, 0.6) is 0 Å². The minimum atomic E-state index is -5.01. The van der Waals surface area contributed by atoms with Gasteiger partial charge in [0.1, 0.15) is 23.0 Å². The summed E-state index contributed by atoms with van der Waals surface area (Å²) in [6.07, 6.45) is -5.37. The quantitative estimate of drug-likeness (QED) is 0.333. The van der Waals surface area contributed by atoms with Crippen molar-refractivity contribution in [3.05, 3.63) is 98.8 Å². The number of rotatable bonds is 5. The van der Waals surface area contributed by atoms with Crippen LogP contribution in [0.4, 0.5) is 27.8 Å². The van der Waals surface area contributed by atoms with Crippen LogP contribution < -0.4 is 15.6 Å². The number of aliphatic hydroxyl groups excluding tert-OH is 1. The Morgan fingerprint density at radius 3 is 2.46 bits per heavy atom. The first-order valence-electron chi connectivity index (χ1n) is 12.0. The fourth-order valence-electron chi connectivity index (χ4n) is 4.53. The van der Waals surface area contributed by atoms with Gasteiger partial charge in [-0.2, -0.15) is 13.2 Å². The van der Waals surface area contributed by atoms with Crippen LogP contribution in [0.2, 0.25) is 5.02 Å². The largest absolute Gasteiger partial charge is 0.412 e. The zero-order valence-electron chi connectivity index (χ0n) is 20.6. The van der Waals surface area contributed by atoms with Crippen LogP contribution in [0.3, 0.4) is 0 Å². The van der Waals surface area contributed by atoms with E-state index in [1.54, 1.807) is 5.32 Å². The summed E-state index contributed by atoms with van der Waals surface area (Å²) in [5.74, 6) is -4.00. The van der Waals surface area contributed by atoms with E-state index < -0.39 is 58.3 Å². The summed E-state index contributed by atoms with van der Waals surface area (Å²) in [4.78, 5) is 44.3.